The van der Waals surface area contributed by atoms with Crippen LogP contribution in [-0.2, 0) is 16.1 Å². The summed E-state index contributed by atoms with van der Waals surface area (Å²) in [5.41, 5.74) is 10.3. The fourth-order valence-corrected chi connectivity index (χ4v) is 5.19. The maximum Gasteiger partial charge on any atom is 0.205 e. The van der Waals surface area contributed by atoms with E-state index in [0.29, 0.717) is 30.7 Å². The van der Waals surface area contributed by atoms with E-state index >= 15 is 0 Å². The van der Waals surface area contributed by atoms with Gasteiger partial charge in [-0.05, 0) is 23.1 Å². The maximum atomic E-state index is 13.4. The van der Waals surface area contributed by atoms with E-state index in [0.717, 1.165) is 26.9 Å². The van der Waals surface area contributed by atoms with Gasteiger partial charge in [0.15, 0.2) is 5.78 Å². The summed E-state index contributed by atoms with van der Waals surface area (Å²) in [4.78, 5) is 13.4. The molecule has 0 saturated carbocycles. The molecule has 0 unspecified atom stereocenters. The first kappa shape index (κ1) is 23.1. The fraction of sp³-hybridized carbons (Fsp3) is 0.250. The van der Waals surface area contributed by atoms with Crippen LogP contribution < -0.4 is 5.73 Å². The van der Waals surface area contributed by atoms with Crippen molar-refractivity contribution in [2.24, 2.45) is 11.1 Å². The molecule has 35 heavy (non-hydrogen) atoms. The molecular formula is C28H25BrN4O2. The Morgan fingerprint density at radius 1 is 1.17 bits per heavy atom. The summed E-state index contributed by atoms with van der Waals surface area (Å²) in [6.45, 7) is 4.63. The summed E-state index contributed by atoms with van der Waals surface area (Å²) in [7, 11) is 0. The lowest BCUT2D eigenvalue weighted by Gasteiger charge is -2.37. The van der Waals surface area contributed by atoms with Crippen LogP contribution in [-0.4, -0.2) is 15.6 Å². The van der Waals surface area contributed by atoms with E-state index in [1.165, 1.54) is 0 Å². The molecule has 2 aliphatic rings. The van der Waals surface area contributed by atoms with E-state index < -0.39 is 5.92 Å². The quantitative estimate of drug-likeness (QED) is 0.460. The summed E-state index contributed by atoms with van der Waals surface area (Å²) >= 11 is 3.48. The number of hydrogen-bond acceptors (Lipinski definition) is 5. The number of nitrogens with zero attached hydrogens (tertiary/aromatic N) is 3. The average molecular weight is 529 g/mol. The summed E-state index contributed by atoms with van der Waals surface area (Å²) < 4.78 is 8.74. The monoisotopic (exact) mass is 528 g/mol. The van der Waals surface area contributed by atoms with Crippen LogP contribution in [0.1, 0.15) is 43.7 Å². The van der Waals surface area contributed by atoms with Gasteiger partial charge in [0.2, 0.25) is 5.88 Å². The molecule has 0 amide bonds. The Hall–Kier alpha value is -3.63. The molecule has 0 fully saturated rings. The highest BCUT2D eigenvalue weighted by molar-refractivity contribution is 9.10. The summed E-state index contributed by atoms with van der Waals surface area (Å²) in [5, 5.41) is 15.0. The van der Waals surface area contributed by atoms with Crippen LogP contribution in [0, 0.1) is 16.7 Å². The van der Waals surface area contributed by atoms with Gasteiger partial charge in [-0.3, -0.25) is 9.48 Å². The molecule has 0 saturated heterocycles. The van der Waals surface area contributed by atoms with Crippen LogP contribution in [0.25, 0.3) is 11.3 Å². The van der Waals surface area contributed by atoms with Gasteiger partial charge in [0.05, 0.1) is 18.2 Å². The lowest BCUT2D eigenvalue weighted by Crippen LogP contribution is -2.33. The molecular weight excluding hydrogens is 504 g/mol. The van der Waals surface area contributed by atoms with Gasteiger partial charge < -0.3 is 10.5 Å². The van der Waals surface area contributed by atoms with Crippen molar-refractivity contribution in [1.29, 1.82) is 5.26 Å². The topological polar surface area (TPSA) is 93.9 Å². The number of carbonyl (C=O) groups excluding carboxylic acids is 1. The first-order chi connectivity index (χ1) is 16.8. The Morgan fingerprint density at radius 3 is 2.57 bits per heavy atom. The van der Waals surface area contributed by atoms with Gasteiger partial charge in [0.1, 0.15) is 17.4 Å². The zero-order valence-electron chi connectivity index (χ0n) is 19.6. The molecule has 0 radical (unpaired) electrons. The molecule has 176 valence electrons. The van der Waals surface area contributed by atoms with Crippen molar-refractivity contribution in [3.8, 4) is 17.3 Å². The minimum absolute atomic E-state index is 0.0128. The van der Waals surface area contributed by atoms with Crippen LogP contribution in [0.5, 0.6) is 0 Å². The second kappa shape index (κ2) is 8.86. The maximum absolute atomic E-state index is 13.4. The molecule has 7 heteroatoms. The molecule has 1 aromatic heterocycles. The molecule has 2 aromatic carbocycles. The van der Waals surface area contributed by atoms with Crippen LogP contribution in [0.15, 0.2) is 88.1 Å². The molecule has 0 bridgehead atoms. The number of Topliss-reactive ketones (excluding diaryl/α,β-unsaturated/α-hetero) is 1. The number of carbonyl (C=O) groups is 1. The van der Waals surface area contributed by atoms with E-state index in [4.69, 9.17) is 15.6 Å². The van der Waals surface area contributed by atoms with Gasteiger partial charge in [0, 0.05) is 40.2 Å². The lowest BCUT2D eigenvalue weighted by atomic mass is 9.70. The van der Waals surface area contributed by atoms with Gasteiger partial charge in [-0.1, -0.05) is 72.2 Å². The van der Waals surface area contributed by atoms with Crippen LogP contribution >= 0.6 is 15.9 Å². The number of rotatable bonds is 4. The number of hydrogen-bond donors (Lipinski definition) is 1. The smallest absolute Gasteiger partial charge is 0.205 e. The molecule has 1 aliphatic heterocycles. The highest BCUT2D eigenvalue weighted by Gasteiger charge is 2.44. The fourth-order valence-electron chi connectivity index (χ4n) is 4.92. The predicted molar refractivity (Wildman–Crippen MR) is 137 cm³/mol. The third kappa shape index (κ3) is 4.42. The number of aromatic nitrogens is 2. The Bertz CT molecular complexity index is 1410. The van der Waals surface area contributed by atoms with E-state index in [1.807, 2.05) is 79.3 Å². The zero-order chi connectivity index (χ0) is 24.7. The normalized spacial score (nSPS) is 19.3. The van der Waals surface area contributed by atoms with E-state index in [1.54, 1.807) is 0 Å². The number of benzene rings is 2. The first-order valence-electron chi connectivity index (χ1n) is 11.5. The Morgan fingerprint density at radius 2 is 1.89 bits per heavy atom. The van der Waals surface area contributed by atoms with Gasteiger partial charge in [0.25, 0.3) is 0 Å². The molecule has 2 N–H and O–H groups in total. The van der Waals surface area contributed by atoms with Crippen molar-refractivity contribution in [2.45, 2.75) is 39.2 Å². The zero-order valence-corrected chi connectivity index (χ0v) is 21.2. The number of allylic oxidation sites excluding steroid dienone is 3. The van der Waals surface area contributed by atoms with Crippen LogP contribution in [0.2, 0.25) is 0 Å². The third-order valence-electron chi connectivity index (χ3n) is 6.48. The predicted octanol–water partition coefficient (Wildman–Crippen LogP) is 5.81. The third-order valence-corrected chi connectivity index (χ3v) is 7.01. The Balaban J connectivity index is 1.68. The van der Waals surface area contributed by atoms with E-state index in [2.05, 4.69) is 22.0 Å². The highest BCUT2D eigenvalue weighted by atomic mass is 79.9. The van der Waals surface area contributed by atoms with Crippen molar-refractivity contribution in [3.63, 3.8) is 0 Å². The first-order valence-corrected chi connectivity index (χ1v) is 12.3. The molecule has 6 nitrogen and oxygen atoms in total. The van der Waals surface area contributed by atoms with Crippen LogP contribution in [0.3, 0.4) is 0 Å². The number of nitriles is 1. The molecule has 1 aliphatic carbocycles. The molecule has 3 aromatic rings. The number of ketones is 1. The minimum Gasteiger partial charge on any atom is -0.444 e. The largest absolute Gasteiger partial charge is 0.444 e. The summed E-state index contributed by atoms with van der Waals surface area (Å²) in [6, 6.07) is 20.1. The molecule has 0 spiro atoms. The Labute approximate surface area is 212 Å². The Kier molecular flexibility index (Phi) is 5.86. The molecule has 5 rings (SSSR count). The van der Waals surface area contributed by atoms with Crippen molar-refractivity contribution in [3.05, 3.63) is 99.2 Å². The standard InChI is InChI=1S/C28H25BrN4O2/c1-28(2)12-22(34)25-23(13-28)35-27(31)20(14-30)24(25)21-16-33(15-17-8-10-19(29)11-9-17)32-26(21)18-6-4-3-5-7-18/h3-11,16,24H,12-13,15,31H2,1-2H3/t24-/m0/s1. The van der Waals surface area contributed by atoms with Crippen molar-refractivity contribution >= 4 is 21.7 Å². The second-order valence-electron chi connectivity index (χ2n) is 9.83. The number of halogens is 1. The second-order valence-corrected chi connectivity index (χ2v) is 10.7. The lowest BCUT2D eigenvalue weighted by molar-refractivity contribution is -0.119. The number of nitrogens with two attached hydrogens (primary N) is 1. The summed E-state index contributed by atoms with van der Waals surface area (Å²) in [6.07, 6.45) is 2.90. The molecule has 1 atom stereocenters. The van der Waals surface area contributed by atoms with Crippen molar-refractivity contribution in [1.82, 2.24) is 9.78 Å². The van der Waals surface area contributed by atoms with Crippen molar-refractivity contribution in [2.75, 3.05) is 0 Å². The highest BCUT2D eigenvalue weighted by Crippen LogP contribution is 2.49. The van der Waals surface area contributed by atoms with Gasteiger partial charge in [-0.2, -0.15) is 10.4 Å². The van der Waals surface area contributed by atoms with Gasteiger partial charge >= 0.3 is 0 Å². The van der Waals surface area contributed by atoms with Crippen molar-refractivity contribution < 1.29 is 9.53 Å². The minimum atomic E-state index is -0.624. The molecule has 2 heterocycles. The van der Waals surface area contributed by atoms with E-state index in [-0.39, 0.29) is 22.7 Å². The SMILES string of the molecule is CC1(C)CC(=O)C2=C(C1)OC(N)=C(C#N)[C@H]2c1cn(Cc2ccc(Br)cc2)nc1-c1ccccc1. The van der Waals surface area contributed by atoms with Crippen LogP contribution in [0.4, 0.5) is 0 Å². The van der Waals surface area contributed by atoms with Gasteiger partial charge in [-0.25, -0.2) is 0 Å². The van der Waals surface area contributed by atoms with Gasteiger partial charge in [-0.15, -0.1) is 0 Å². The number of ether oxygens (including phenoxy) is 1. The average Bonchev–Trinajstić information content (AvgIpc) is 3.23. The van der Waals surface area contributed by atoms with E-state index in [9.17, 15) is 10.1 Å². The summed E-state index contributed by atoms with van der Waals surface area (Å²) in [5.74, 6) is -0.0174.